The monoisotopic (exact) mass is 540 g/mol. The van der Waals surface area contributed by atoms with E-state index in [0.717, 1.165) is 61.1 Å². The van der Waals surface area contributed by atoms with Crippen LogP contribution in [0.25, 0.3) is 44.7 Å². The summed E-state index contributed by atoms with van der Waals surface area (Å²) in [5.74, 6) is 1.63. The summed E-state index contributed by atoms with van der Waals surface area (Å²) < 4.78 is 16.2. The first-order valence-corrected chi connectivity index (χ1v) is 14.1. The lowest BCUT2D eigenvalue weighted by atomic mass is 10.1. The van der Waals surface area contributed by atoms with Gasteiger partial charge in [0.25, 0.3) is 0 Å². The number of hydrogen-bond donors (Lipinski definition) is 3. The van der Waals surface area contributed by atoms with E-state index in [4.69, 9.17) is 4.98 Å². The smallest absolute Gasteiger partial charge is 0.161 e. The molecule has 11 heteroatoms. The van der Waals surface area contributed by atoms with E-state index in [1.807, 2.05) is 18.3 Å². The van der Waals surface area contributed by atoms with Crippen LogP contribution >= 0.6 is 0 Å². The van der Waals surface area contributed by atoms with Crippen molar-refractivity contribution in [3.05, 3.63) is 48.3 Å². The van der Waals surface area contributed by atoms with E-state index in [1.54, 1.807) is 18.6 Å². The van der Waals surface area contributed by atoms with E-state index < -0.39 is 5.82 Å². The molecule has 1 aliphatic heterocycles. The van der Waals surface area contributed by atoms with Crippen LogP contribution in [-0.4, -0.2) is 79.8 Å². The highest BCUT2D eigenvalue weighted by Gasteiger charge is 2.23. The maximum Gasteiger partial charge on any atom is 0.161 e. The van der Waals surface area contributed by atoms with Crippen molar-refractivity contribution in [2.45, 2.75) is 32.2 Å². The molecule has 0 amide bonds. The first-order chi connectivity index (χ1) is 19.6. The predicted molar refractivity (Wildman–Crippen MR) is 153 cm³/mol. The molecule has 2 fully saturated rings. The summed E-state index contributed by atoms with van der Waals surface area (Å²) in [6.45, 7) is 5.39. The lowest BCUT2D eigenvalue weighted by Crippen LogP contribution is -2.44. The zero-order valence-corrected chi connectivity index (χ0v) is 22.6. The van der Waals surface area contributed by atoms with Crippen molar-refractivity contribution in [1.82, 2.24) is 45.3 Å². The van der Waals surface area contributed by atoms with Crippen LogP contribution in [0.3, 0.4) is 0 Å². The number of halogens is 1. The number of aromatic nitrogens is 7. The number of imidazole rings is 1. The molecule has 0 atom stereocenters. The number of fused-ring (bicyclic) bond motifs is 2. The van der Waals surface area contributed by atoms with E-state index in [0.29, 0.717) is 34.5 Å². The van der Waals surface area contributed by atoms with E-state index in [1.165, 1.54) is 25.7 Å². The number of rotatable bonds is 7. The fraction of sp³-hybridized carbons (Fsp3) is 0.414. The molecule has 206 valence electrons. The normalized spacial score (nSPS) is 17.0. The highest BCUT2D eigenvalue weighted by Crippen LogP contribution is 2.34. The minimum atomic E-state index is -0.447. The Hall–Kier alpha value is -3.96. The third-order valence-corrected chi connectivity index (χ3v) is 8.26. The second-order valence-corrected chi connectivity index (χ2v) is 11.1. The number of aromatic amines is 2. The fourth-order valence-electron chi connectivity index (χ4n) is 5.98. The van der Waals surface area contributed by atoms with Gasteiger partial charge in [-0.15, -0.1) is 0 Å². The van der Waals surface area contributed by atoms with E-state index >= 15 is 4.39 Å². The Morgan fingerprint density at radius 1 is 1.02 bits per heavy atom. The molecule has 3 N–H and O–H groups in total. The lowest BCUT2D eigenvalue weighted by Gasteiger charge is -2.33. The van der Waals surface area contributed by atoms with Crippen molar-refractivity contribution < 1.29 is 4.39 Å². The van der Waals surface area contributed by atoms with Crippen molar-refractivity contribution in [1.29, 1.82) is 0 Å². The summed E-state index contributed by atoms with van der Waals surface area (Å²) in [4.78, 5) is 26.2. The van der Waals surface area contributed by atoms with Gasteiger partial charge in [0.15, 0.2) is 17.5 Å². The van der Waals surface area contributed by atoms with E-state index in [2.05, 4.69) is 52.3 Å². The molecule has 40 heavy (non-hydrogen) atoms. The van der Waals surface area contributed by atoms with Gasteiger partial charge >= 0.3 is 0 Å². The van der Waals surface area contributed by atoms with Gasteiger partial charge in [-0.3, -0.25) is 15.1 Å². The quantitative estimate of drug-likeness (QED) is 0.282. The fourth-order valence-corrected chi connectivity index (χ4v) is 5.98. The van der Waals surface area contributed by atoms with Gasteiger partial charge in [-0.2, -0.15) is 5.10 Å². The molecule has 0 radical (unpaired) electrons. The Balaban J connectivity index is 1.20. The van der Waals surface area contributed by atoms with Crippen LogP contribution < -0.4 is 10.2 Å². The third-order valence-electron chi connectivity index (χ3n) is 8.26. The first-order valence-electron chi connectivity index (χ1n) is 14.1. The molecule has 1 saturated heterocycles. The lowest BCUT2D eigenvalue weighted by molar-refractivity contribution is 0.312. The van der Waals surface area contributed by atoms with Crippen LogP contribution in [0.1, 0.15) is 31.2 Å². The molecule has 5 aromatic heterocycles. The molecule has 0 bridgehead atoms. The molecule has 1 aliphatic carbocycles. The molecule has 10 nitrogen and oxygen atoms in total. The second kappa shape index (κ2) is 10.5. The van der Waals surface area contributed by atoms with Gasteiger partial charge in [0.05, 0.1) is 22.6 Å². The van der Waals surface area contributed by atoms with Crippen LogP contribution in [0.15, 0.2) is 36.9 Å². The number of pyridine rings is 3. The molecule has 2 aliphatic rings. The number of H-pyrrole nitrogens is 2. The van der Waals surface area contributed by atoms with Crippen LogP contribution in [0.2, 0.25) is 0 Å². The number of nitrogens with zero attached hydrogens (tertiary/aromatic N) is 7. The van der Waals surface area contributed by atoms with Crippen molar-refractivity contribution in [2.24, 2.45) is 5.92 Å². The minimum absolute atomic E-state index is 0.246. The molecule has 5 aromatic rings. The first kappa shape index (κ1) is 25.0. The van der Waals surface area contributed by atoms with Gasteiger partial charge < -0.3 is 20.1 Å². The molecule has 7 rings (SSSR count). The van der Waals surface area contributed by atoms with E-state index in [9.17, 15) is 0 Å². The Labute approximate surface area is 231 Å². The molecular weight excluding hydrogens is 507 g/mol. The Morgan fingerprint density at radius 2 is 1.88 bits per heavy atom. The van der Waals surface area contributed by atoms with E-state index in [-0.39, 0.29) is 5.69 Å². The minimum Gasteiger partial charge on any atom is -0.352 e. The SMILES string of the molecule is CN1CCN(c2nccc3[nH]c(-c4n[nH]c5cnc(-c6cncc(CNCC7CCCC7)c6)c(F)c45)nc23)CC1. The van der Waals surface area contributed by atoms with Crippen molar-refractivity contribution in [3.8, 4) is 22.8 Å². The van der Waals surface area contributed by atoms with Crippen LogP contribution in [0.5, 0.6) is 0 Å². The summed E-state index contributed by atoms with van der Waals surface area (Å²) in [6, 6.07) is 3.85. The van der Waals surface area contributed by atoms with Crippen LogP contribution in [0, 0.1) is 11.7 Å². The molecule has 6 heterocycles. The molecule has 0 unspecified atom stereocenters. The van der Waals surface area contributed by atoms with Gasteiger partial charge in [0, 0.05) is 56.9 Å². The third kappa shape index (κ3) is 4.69. The molecule has 0 aromatic carbocycles. The summed E-state index contributed by atoms with van der Waals surface area (Å²) in [5, 5.41) is 11.3. The Morgan fingerprint density at radius 3 is 2.73 bits per heavy atom. The maximum absolute atomic E-state index is 16.2. The van der Waals surface area contributed by atoms with Crippen LogP contribution in [-0.2, 0) is 6.54 Å². The van der Waals surface area contributed by atoms with Gasteiger partial charge in [-0.1, -0.05) is 12.8 Å². The number of likely N-dealkylation sites (N-methyl/N-ethyl adjacent to an activating group) is 1. The molecule has 0 spiro atoms. The maximum atomic E-state index is 16.2. The second-order valence-electron chi connectivity index (χ2n) is 11.1. The Bertz CT molecular complexity index is 1650. The van der Waals surface area contributed by atoms with Crippen LogP contribution in [0.4, 0.5) is 10.2 Å². The highest BCUT2D eigenvalue weighted by atomic mass is 19.1. The summed E-state index contributed by atoms with van der Waals surface area (Å²) >= 11 is 0. The average Bonchev–Trinajstić information content (AvgIpc) is 3.73. The Kier molecular flexibility index (Phi) is 6.60. The van der Waals surface area contributed by atoms with Gasteiger partial charge in [-0.25, -0.2) is 14.4 Å². The topological polar surface area (TPSA) is 115 Å². The summed E-state index contributed by atoms with van der Waals surface area (Å²) in [5.41, 5.74) is 4.41. The molecular formula is C29H33FN10. The molecule has 1 saturated carbocycles. The summed E-state index contributed by atoms with van der Waals surface area (Å²) in [6.07, 6.45) is 12.1. The zero-order chi connectivity index (χ0) is 27.1. The van der Waals surface area contributed by atoms with Crippen molar-refractivity contribution in [2.75, 3.05) is 44.7 Å². The standard InChI is InChI=1S/C29H33FN10/c1-39-8-10-40(11-9-39)29-26-21(6-7-33-29)35-28(36-26)27-23-22(37-38-27)17-34-25(24(23)30)20-12-19(15-32-16-20)14-31-13-18-4-2-3-5-18/h6-7,12,15-18,31H,2-5,8-11,13-14H2,1H3,(H,35,36)(H,37,38). The number of anilines is 1. The number of hydrogen-bond acceptors (Lipinski definition) is 8. The highest BCUT2D eigenvalue weighted by molar-refractivity contribution is 5.96. The van der Waals surface area contributed by atoms with Crippen molar-refractivity contribution in [3.63, 3.8) is 0 Å². The number of piperazine rings is 1. The van der Waals surface area contributed by atoms with Crippen molar-refractivity contribution >= 4 is 27.8 Å². The number of nitrogens with one attached hydrogen (secondary N) is 3. The largest absolute Gasteiger partial charge is 0.352 e. The van der Waals surface area contributed by atoms with Gasteiger partial charge in [0.1, 0.15) is 16.9 Å². The predicted octanol–water partition coefficient (Wildman–Crippen LogP) is 4.13. The average molecular weight is 541 g/mol. The van der Waals surface area contributed by atoms with Gasteiger partial charge in [-0.05, 0) is 50.0 Å². The zero-order valence-electron chi connectivity index (χ0n) is 22.6. The summed E-state index contributed by atoms with van der Waals surface area (Å²) in [7, 11) is 2.12. The van der Waals surface area contributed by atoms with Gasteiger partial charge in [0.2, 0.25) is 0 Å².